The first-order valence-corrected chi connectivity index (χ1v) is 11.6. The Morgan fingerprint density at radius 2 is 1.71 bits per heavy atom. The van der Waals surface area contributed by atoms with Gasteiger partial charge in [-0.3, -0.25) is 10.1 Å². The molecule has 1 N–H and O–H groups in total. The molecule has 0 radical (unpaired) electrons. The van der Waals surface area contributed by atoms with E-state index in [0.29, 0.717) is 16.6 Å². The first-order valence-electron chi connectivity index (χ1n) is 11.6. The summed E-state index contributed by atoms with van der Waals surface area (Å²) in [5, 5.41) is 12.2. The third-order valence-corrected chi connectivity index (χ3v) is 6.02. The molecule has 0 bridgehead atoms. The maximum Gasteiger partial charge on any atom is 0.433 e. The van der Waals surface area contributed by atoms with Crippen LogP contribution in [0.25, 0.3) is 27.7 Å². The number of rotatable bonds is 5. The summed E-state index contributed by atoms with van der Waals surface area (Å²) in [7, 11) is 0. The quantitative estimate of drug-likeness (QED) is 0.331. The summed E-state index contributed by atoms with van der Waals surface area (Å²) in [6.45, 7) is 0.436. The monoisotopic (exact) mass is 513 g/mol. The smallest absolute Gasteiger partial charge is 0.289 e. The summed E-state index contributed by atoms with van der Waals surface area (Å²) in [5.74, 6) is -0.723. The van der Waals surface area contributed by atoms with Gasteiger partial charge in [-0.15, -0.1) is 5.10 Å². The van der Waals surface area contributed by atoms with Gasteiger partial charge in [-0.1, -0.05) is 72.8 Å². The van der Waals surface area contributed by atoms with E-state index in [1.165, 1.54) is 6.33 Å². The number of hydrogen-bond donors (Lipinski definition) is 1. The predicted octanol–water partition coefficient (Wildman–Crippen LogP) is 5.46. The van der Waals surface area contributed by atoms with Gasteiger partial charge in [-0.25, -0.2) is 19.2 Å². The van der Waals surface area contributed by atoms with Crippen molar-refractivity contribution in [2.45, 2.75) is 12.7 Å². The van der Waals surface area contributed by atoms with Crippen LogP contribution in [0.2, 0.25) is 0 Å². The minimum Gasteiger partial charge on any atom is -0.289 e. The van der Waals surface area contributed by atoms with Crippen LogP contribution in [0, 0.1) is 0 Å². The molecule has 0 atom stereocenters. The molecule has 0 aliphatic heterocycles. The van der Waals surface area contributed by atoms with Gasteiger partial charge in [0.1, 0.15) is 11.9 Å². The Morgan fingerprint density at radius 1 is 0.947 bits per heavy atom. The van der Waals surface area contributed by atoms with Crippen LogP contribution in [0.3, 0.4) is 0 Å². The predicted molar refractivity (Wildman–Crippen MR) is 134 cm³/mol. The van der Waals surface area contributed by atoms with E-state index >= 15 is 0 Å². The molecule has 0 saturated heterocycles. The largest absolute Gasteiger partial charge is 0.433 e. The summed E-state index contributed by atoms with van der Waals surface area (Å²) in [6.07, 6.45) is -2.23. The minimum absolute atomic E-state index is 0.00605. The fourth-order valence-electron chi connectivity index (χ4n) is 4.28. The Labute approximate surface area is 213 Å². The molecular weight excluding hydrogens is 495 g/mol. The summed E-state index contributed by atoms with van der Waals surface area (Å²) in [6, 6.07) is 23.1. The first-order chi connectivity index (χ1) is 18.4. The molecule has 6 aromatic rings. The number of nitrogens with one attached hydrogen (secondary N) is 1. The molecule has 0 fully saturated rings. The number of carbonyl (C=O) groups is 1. The number of benzene rings is 3. The topological polar surface area (TPSA) is 90.0 Å². The average Bonchev–Trinajstić information content (AvgIpc) is 3.54. The lowest BCUT2D eigenvalue weighted by molar-refractivity contribution is -0.142. The highest BCUT2D eigenvalue weighted by Crippen LogP contribution is 2.35. The molecule has 38 heavy (non-hydrogen) atoms. The van der Waals surface area contributed by atoms with E-state index in [1.54, 1.807) is 22.9 Å². The highest BCUT2D eigenvalue weighted by molar-refractivity contribution is 6.07. The molecule has 3 heterocycles. The standard InChI is InChI=1S/C27H18F3N7O/c28-27(29,30)23-13-22(20-12-6-10-18-9-4-5-11-19(18)20)33-24-21(14-32-37(23)24)25(38)34-26-31-16-36(35-26)15-17-7-2-1-3-8-17/h1-14,16H,15H2,(H,34,35,38). The number of halogens is 3. The van der Waals surface area contributed by atoms with E-state index < -0.39 is 17.8 Å². The van der Waals surface area contributed by atoms with E-state index in [-0.39, 0.29) is 22.9 Å². The second-order valence-corrected chi connectivity index (χ2v) is 8.55. The molecule has 3 aromatic heterocycles. The number of alkyl halides is 3. The highest BCUT2D eigenvalue weighted by atomic mass is 19.4. The van der Waals surface area contributed by atoms with Crippen LogP contribution < -0.4 is 5.32 Å². The molecule has 1 amide bonds. The summed E-state index contributed by atoms with van der Waals surface area (Å²) >= 11 is 0. The maximum absolute atomic E-state index is 14.1. The maximum atomic E-state index is 14.1. The van der Waals surface area contributed by atoms with Crippen LogP contribution in [0.1, 0.15) is 21.6 Å². The van der Waals surface area contributed by atoms with Gasteiger partial charge < -0.3 is 0 Å². The number of anilines is 1. The van der Waals surface area contributed by atoms with Gasteiger partial charge in [0.15, 0.2) is 11.3 Å². The van der Waals surface area contributed by atoms with Gasteiger partial charge in [0.25, 0.3) is 5.91 Å². The summed E-state index contributed by atoms with van der Waals surface area (Å²) in [5.41, 5.74) is 0.143. The lowest BCUT2D eigenvalue weighted by Crippen LogP contribution is -2.16. The van der Waals surface area contributed by atoms with Crippen molar-refractivity contribution in [2.75, 3.05) is 5.32 Å². The molecular formula is C27H18F3N7O. The molecule has 8 nitrogen and oxygen atoms in total. The van der Waals surface area contributed by atoms with Crippen LogP contribution in [0.15, 0.2) is 91.4 Å². The summed E-state index contributed by atoms with van der Waals surface area (Å²) in [4.78, 5) is 21.6. The SMILES string of the molecule is O=C(Nc1ncn(Cc2ccccc2)n1)c1cnn2c(C(F)(F)F)cc(-c3cccc4ccccc34)nc12. The third kappa shape index (κ3) is 4.34. The Balaban J connectivity index is 1.38. The first kappa shape index (κ1) is 23.3. The van der Waals surface area contributed by atoms with Crippen LogP contribution >= 0.6 is 0 Å². The molecule has 0 unspecified atom stereocenters. The van der Waals surface area contributed by atoms with Gasteiger partial charge in [0.05, 0.1) is 18.4 Å². The molecule has 0 aliphatic rings. The number of nitrogens with zero attached hydrogens (tertiary/aromatic N) is 6. The van der Waals surface area contributed by atoms with Crippen molar-refractivity contribution in [1.82, 2.24) is 29.4 Å². The molecule has 6 rings (SSSR count). The number of carbonyl (C=O) groups excluding carboxylic acids is 1. The van der Waals surface area contributed by atoms with Crippen LogP contribution in [-0.4, -0.2) is 35.3 Å². The average molecular weight is 513 g/mol. The normalized spacial score (nSPS) is 11.8. The Hall–Kier alpha value is -5.06. The van der Waals surface area contributed by atoms with Gasteiger partial charge in [-0.2, -0.15) is 18.3 Å². The van der Waals surface area contributed by atoms with Gasteiger partial charge in [-0.05, 0) is 22.4 Å². The van der Waals surface area contributed by atoms with Gasteiger partial charge in [0, 0.05) is 5.56 Å². The van der Waals surface area contributed by atoms with Crippen molar-refractivity contribution < 1.29 is 18.0 Å². The summed E-state index contributed by atoms with van der Waals surface area (Å²) < 4.78 is 44.3. The molecule has 0 spiro atoms. The third-order valence-electron chi connectivity index (χ3n) is 6.02. The Bertz CT molecular complexity index is 1790. The zero-order valence-corrected chi connectivity index (χ0v) is 19.6. The fourth-order valence-corrected chi connectivity index (χ4v) is 4.28. The second kappa shape index (κ2) is 9.11. The number of hydrogen-bond acceptors (Lipinski definition) is 5. The number of fused-ring (bicyclic) bond motifs is 2. The van der Waals surface area contributed by atoms with Crippen molar-refractivity contribution in [3.05, 3.63) is 108 Å². The molecule has 11 heteroatoms. The highest BCUT2D eigenvalue weighted by Gasteiger charge is 2.36. The molecule has 0 saturated carbocycles. The number of aromatic nitrogens is 6. The van der Waals surface area contributed by atoms with Crippen molar-refractivity contribution >= 4 is 28.3 Å². The van der Waals surface area contributed by atoms with Crippen molar-refractivity contribution in [3.63, 3.8) is 0 Å². The van der Waals surface area contributed by atoms with Crippen LogP contribution in [0.5, 0.6) is 0 Å². The lowest BCUT2D eigenvalue weighted by atomic mass is 10.0. The van der Waals surface area contributed by atoms with E-state index in [0.717, 1.165) is 28.6 Å². The van der Waals surface area contributed by atoms with Crippen molar-refractivity contribution in [2.24, 2.45) is 0 Å². The number of amides is 1. The zero-order chi connectivity index (χ0) is 26.3. The zero-order valence-electron chi connectivity index (χ0n) is 19.6. The van der Waals surface area contributed by atoms with E-state index in [2.05, 4.69) is 25.5 Å². The minimum atomic E-state index is -4.74. The fraction of sp³-hybridized carbons (Fsp3) is 0.0741. The van der Waals surface area contributed by atoms with Crippen LogP contribution in [-0.2, 0) is 12.7 Å². The lowest BCUT2D eigenvalue weighted by Gasteiger charge is -2.13. The molecule has 188 valence electrons. The van der Waals surface area contributed by atoms with Crippen molar-refractivity contribution in [3.8, 4) is 11.3 Å². The van der Waals surface area contributed by atoms with Gasteiger partial charge in [0.2, 0.25) is 5.95 Å². The van der Waals surface area contributed by atoms with E-state index in [9.17, 15) is 18.0 Å². The Kier molecular flexibility index (Phi) is 5.60. The molecule has 0 aliphatic carbocycles. The van der Waals surface area contributed by atoms with Gasteiger partial charge >= 0.3 is 6.18 Å². The van der Waals surface area contributed by atoms with E-state index in [4.69, 9.17) is 0 Å². The molecule has 3 aromatic carbocycles. The van der Waals surface area contributed by atoms with Crippen molar-refractivity contribution in [1.29, 1.82) is 0 Å². The van der Waals surface area contributed by atoms with E-state index in [1.807, 2.05) is 54.6 Å². The Morgan fingerprint density at radius 3 is 2.53 bits per heavy atom. The second-order valence-electron chi connectivity index (χ2n) is 8.55. The van der Waals surface area contributed by atoms with Crippen LogP contribution in [0.4, 0.5) is 19.1 Å².